The van der Waals surface area contributed by atoms with E-state index in [1.165, 1.54) is 42.1 Å². The Morgan fingerprint density at radius 3 is 2.86 bits per heavy atom. The first-order valence-electron chi connectivity index (χ1n) is 8.31. The molecule has 21 heavy (non-hydrogen) atoms. The van der Waals surface area contributed by atoms with Crippen LogP contribution in [-0.2, 0) is 0 Å². The molecule has 2 heteroatoms. The molecule has 0 bridgehead atoms. The number of nitrogens with one attached hydrogen (secondary N) is 1. The van der Waals surface area contributed by atoms with Crippen molar-refractivity contribution in [3.05, 3.63) is 42.1 Å². The molecular weight excluding hydrogens is 256 g/mol. The van der Waals surface area contributed by atoms with E-state index in [9.17, 15) is 0 Å². The standard InChI is InChI=1S/C19H26N2/c1-3-14-9-10-16(13-20-2)18(12-14)17-8-4-6-15-7-5-11-21-19(15)17/h4-8,11,14,16,18,20H,3,9-10,12-13H2,1-2H3. The summed E-state index contributed by atoms with van der Waals surface area (Å²) in [6.07, 6.45) is 7.28. The van der Waals surface area contributed by atoms with Gasteiger partial charge in [0.1, 0.15) is 0 Å². The number of para-hydroxylation sites is 1. The van der Waals surface area contributed by atoms with E-state index in [0.29, 0.717) is 5.92 Å². The van der Waals surface area contributed by atoms with Gasteiger partial charge in [-0.05, 0) is 55.8 Å². The zero-order valence-corrected chi connectivity index (χ0v) is 13.2. The molecule has 0 amide bonds. The first kappa shape index (κ1) is 14.5. The Bertz CT molecular complexity index is 588. The highest BCUT2D eigenvalue weighted by molar-refractivity contribution is 5.82. The van der Waals surface area contributed by atoms with Crippen molar-refractivity contribution in [2.45, 2.75) is 38.5 Å². The Morgan fingerprint density at radius 2 is 2.05 bits per heavy atom. The van der Waals surface area contributed by atoms with Gasteiger partial charge in [-0.2, -0.15) is 0 Å². The molecule has 1 fully saturated rings. The van der Waals surface area contributed by atoms with Crippen molar-refractivity contribution in [2.75, 3.05) is 13.6 Å². The highest BCUT2D eigenvalue weighted by atomic mass is 14.8. The van der Waals surface area contributed by atoms with Crippen LogP contribution in [0, 0.1) is 11.8 Å². The minimum atomic E-state index is 0.648. The number of benzene rings is 1. The maximum Gasteiger partial charge on any atom is 0.0736 e. The van der Waals surface area contributed by atoms with Gasteiger partial charge in [-0.15, -0.1) is 0 Å². The van der Waals surface area contributed by atoms with Crippen molar-refractivity contribution >= 4 is 10.9 Å². The van der Waals surface area contributed by atoms with Gasteiger partial charge >= 0.3 is 0 Å². The lowest BCUT2D eigenvalue weighted by Crippen LogP contribution is -2.30. The Hall–Kier alpha value is -1.41. The van der Waals surface area contributed by atoms with Crippen LogP contribution in [0.15, 0.2) is 36.5 Å². The number of aromatic nitrogens is 1. The molecular formula is C19H26N2. The number of rotatable bonds is 4. The lowest BCUT2D eigenvalue weighted by Gasteiger charge is -2.36. The molecule has 1 heterocycles. The van der Waals surface area contributed by atoms with Gasteiger partial charge in [-0.3, -0.25) is 4.98 Å². The molecule has 1 aliphatic rings. The predicted molar refractivity (Wildman–Crippen MR) is 89.5 cm³/mol. The summed E-state index contributed by atoms with van der Waals surface area (Å²) in [5, 5.41) is 4.67. The number of fused-ring (bicyclic) bond motifs is 1. The molecule has 0 aliphatic heterocycles. The topological polar surface area (TPSA) is 24.9 Å². The number of hydrogen-bond acceptors (Lipinski definition) is 2. The summed E-state index contributed by atoms with van der Waals surface area (Å²) >= 11 is 0. The van der Waals surface area contributed by atoms with Crippen LogP contribution in [0.1, 0.15) is 44.1 Å². The first-order chi connectivity index (χ1) is 10.3. The summed E-state index contributed by atoms with van der Waals surface area (Å²) in [6.45, 7) is 3.45. The van der Waals surface area contributed by atoms with Crippen LogP contribution in [0.5, 0.6) is 0 Å². The monoisotopic (exact) mass is 282 g/mol. The molecule has 1 aliphatic carbocycles. The van der Waals surface area contributed by atoms with Crippen molar-refractivity contribution in [3.63, 3.8) is 0 Å². The van der Waals surface area contributed by atoms with Crippen LogP contribution in [0.2, 0.25) is 0 Å². The minimum absolute atomic E-state index is 0.648. The third-order valence-corrected chi connectivity index (χ3v) is 5.21. The van der Waals surface area contributed by atoms with Crippen molar-refractivity contribution < 1.29 is 0 Å². The molecule has 1 aromatic heterocycles. The molecule has 3 atom stereocenters. The van der Waals surface area contributed by atoms with Gasteiger partial charge in [-0.25, -0.2) is 0 Å². The average Bonchev–Trinajstić information content (AvgIpc) is 2.55. The highest BCUT2D eigenvalue weighted by Crippen LogP contribution is 2.43. The molecule has 0 radical (unpaired) electrons. The van der Waals surface area contributed by atoms with Gasteiger partial charge in [-0.1, -0.05) is 44.0 Å². The minimum Gasteiger partial charge on any atom is -0.319 e. The highest BCUT2D eigenvalue weighted by Gasteiger charge is 2.31. The molecule has 112 valence electrons. The van der Waals surface area contributed by atoms with E-state index in [-0.39, 0.29) is 0 Å². The fourth-order valence-corrected chi connectivity index (χ4v) is 4.01. The van der Waals surface area contributed by atoms with E-state index in [0.717, 1.165) is 18.4 Å². The number of pyridine rings is 1. The average molecular weight is 282 g/mol. The SMILES string of the molecule is CCC1CCC(CNC)C(c2cccc3cccnc23)C1. The van der Waals surface area contributed by atoms with Crippen LogP contribution in [0.4, 0.5) is 0 Å². The van der Waals surface area contributed by atoms with Gasteiger partial charge in [0.05, 0.1) is 5.52 Å². The van der Waals surface area contributed by atoms with Crippen molar-refractivity contribution in [2.24, 2.45) is 11.8 Å². The molecule has 1 saturated carbocycles. The second-order valence-electron chi connectivity index (χ2n) is 6.43. The molecule has 1 aromatic carbocycles. The quantitative estimate of drug-likeness (QED) is 0.901. The summed E-state index contributed by atoms with van der Waals surface area (Å²) in [6, 6.07) is 10.9. The number of nitrogens with zero attached hydrogens (tertiary/aromatic N) is 1. The maximum atomic E-state index is 4.68. The summed E-state index contributed by atoms with van der Waals surface area (Å²) in [7, 11) is 2.07. The zero-order valence-electron chi connectivity index (χ0n) is 13.2. The fraction of sp³-hybridized carbons (Fsp3) is 0.526. The first-order valence-corrected chi connectivity index (χ1v) is 8.31. The van der Waals surface area contributed by atoms with Gasteiger partial charge in [0, 0.05) is 11.6 Å². The van der Waals surface area contributed by atoms with Crippen LogP contribution in [0.25, 0.3) is 10.9 Å². The molecule has 0 saturated heterocycles. The van der Waals surface area contributed by atoms with Crippen LogP contribution in [0.3, 0.4) is 0 Å². The predicted octanol–water partition coefficient (Wildman–Crippen LogP) is 4.36. The van der Waals surface area contributed by atoms with Gasteiger partial charge in [0.25, 0.3) is 0 Å². The number of hydrogen-bond donors (Lipinski definition) is 1. The van der Waals surface area contributed by atoms with Crippen molar-refractivity contribution in [1.29, 1.82) is 0 Å². The molecule has 2 aromatic rings. The molecule has 1 N–H and O–H groups in total. The van der Waals surface area contributed by atoms with Crippen molar-refractivity contribution in [1.82, 2.24) is 10.3 Å². The zero-order chi connectivity index (χ0) is 14.7. The van der Waals surface area contributed by atoms with E-state index in [2.05, 4.69) is 48.5 Å². The molecule has 3 unspecified atom stereocenters. The van der Waals surface area contributed by atoms with Crippen LogP contribution >= 0.6 is 0 Å². The largest absolute Gasteiger partial charge is 0.319 e. The molecule has 2 nitrogen and oxygen atoms in total. The lowest BCUT2D eigenvalue weighted by atomic mass is 9.70. The van der Waals surface area contributed by atoms with E-state index >= 15 is 0 Å². The van der Waals surface area contributed by atoms with E-state index in [1.54, 1.807) is 0 Å². The molecule has 0 spiro atoms. The Morgan fingerprint density at radius 1 is 1.19 bits per heavy atom. The molecule has 3 rings (SSSR count). The second kappa shape index (κ2) is 6.57. The third-order valence-electron chi connectivity index (χ3n) is 5.21. The van der Waals surface area contributed by atoms with Crippen LogP contribution < -0.4 is 5.32 Å². The Balaban J connectivity index is 2.00. The Labute approximate surface area is 128 Å². The third kappa shape index (κ3) is 2.96. The van der Waals surface area contributed by atoms with Gasteiger partial charge in [0.2, 0.25) is 0 Å². The summed E-state index contributed by atoms with van der Waals surface area (Å²) < 4.78 is 0. The van der Waals surface area contributed by atoms with Crippen molar-refractivity contribution in [3.8, 4) is 0 Å². The normalized spacial score (nSPS) is 26.1. The smallest absolute Gasteiger partial charge is 0.0736 e. The van der Waals surface area contributed by atoms with E-state index in [4.69, 9.17) is 0 Å². The fourth-order valence-electron chi connectivity index (χ4n) is 4.01. The lowest BCUT2D eigenvalue weighted by molar-refractivity contribution is 0.229. The summed E-state index contributed by atoms with van der Waals surface area (Å²) in [5.41, 5.74) is 2.68. The van der Waals surface area contributed by atoms with Gasteiger partial charge < -0.3 is 5.32 Å². The summed E-state index contributed by atoms with van der Waals surface area (Å²) in [5.74, 6) is 2.27. The Kier molecular flexibility index (Phi) is 4.54. The maximum absolute atomic E-state index is 4.68. The summed E-state index contributed by atoms with van der Waals surface area (Å²) in [4.78, 5) is 4.68. The van der Waals surface area contributed by atoms with E-state index in [1.807, 2.05) is 12.3 Å². The van der Waals surface area contributed by atoms with Gasteiger partial charge in [0.15, 0.2) is 0 Å². The second-order valence-corrected chi connectivity index (χ2v) is 6.43. The van der Waals surface area contributed by atoms with Crippen LogP contribution in [-0.4, -0.2) is 18.6 Å². The van der Waals surface area contributed by atoms with E-state index < -0.39 is 0 Å².